The van der Waals surface area contributed by atoms with Gasteiger partial charge in [-0.25, -0.2) is 0 Å². The van der Waals surface area contributed by atoms with Gasteiger partial charge < -0.3 is 10.1 Å². The van der Waals surface area contributed by atoms with Crippen LogP contribution in [0.15, 0.2) is 42.1 Å². The highest BCUT2D eigenvalue weighted by atomic mass is 16.3. The van der Waals surface area contributed by atoms with Crippen molar-refractivity contribution in [3.8, 4) is 0 Å². The summed E-state index contributed by atoms with van der Waals surface area (Å²) >= 11 is 0. The van der Waals surface area contributed by atoms with Crippen LogP contribution in [0.4, 0.5) is 0 Å². The maximum absolute atomic E-state index is 11.3. The van der Waals surface area contributed by atoms with Gasteiger partial charge in [-0.3, -0.25) is 0 Å². The molecule has 0 amide bonds. The summed E-state index contributed by atoms with van der Waals surface area (Å²) in [5.74, 6) is 1.88. The minimum absolute atomic E-state index is 0.00284. The monoisotopic (exact) mass is 405 g/mol. The average molecular weight is 406 g/mol. The van der Waals surface area contributed by atoms with Crippen molar-refractivity contribution in [3.63, 3.8) is 0 Å². The zero-order valence-corrected chi connectivity index (χ0v) is 19.5. The third kappa shape index (κ3) is 2.46. The van der Waals surface area contributed by atoms with E-state index in [1.54, 1.807) is 5.57 Å². The average Bonchev–Trinajstić information content (AvgIpc) is 3.25. The van der Waals surface area contributed by atoms with Crippen molar-refractivity contribution in [2.45, 2.75) is 79.2 Å². The number of hydrogen-bond donors (Lipinski definition) is 2. The largest absolute Gasteiger partial charge is 0.393 e. The van der Waals surface area contributed by atoms with Crippen LogP contribution in [0.3, 0.4) is 0 Å². The maximum Gasteiger partial charge on any atom is 0.0605 e. The molecule has 0 saturated heterocycles. The van der Waals surface area contributed by atoms with Gasteiger partial charge in [0.2, 0.25) is 0 Å². The second-order valence-corrected chi connectivity index (χ2v) is 11.5. The van der Waals surface area contributed by atoms with Crippen LogP contribution in [0.2, 0.25) is 0 Å². The summed E-state index contributed by atoms with van der Waals surface area (Å²) in [6.07, 6.45) is 11.4. The molecule has 3 aliphatic rings. The van der Waals surface area contributed by atoms with E-state index in [0.717, 1.165) is 25.7 Å². The number of hydrogen-bond acceptors (Lipinski definition) is 1. The zero-order chi connectivity index (χ0) is 21.3. The van der Waals surface area contributed by atoms with Crippen molar-refractivity contribution in [2.24, 2.45) is 34.0 Å². The Bertz CT molecular complexity index is 985. The van der Waals surface area contributed by atoms with Gasteiger partial charge in [0.1, 0.15) is 0 Å². The van der Waals surface area contributed by atoms with Gasteiger partial charge in [-0.05, 0) is 73.3 Å². The molecule has 1 heterocycles. The SMILES string of the molecule is CC(C)C1=CC[C@]2(C)[C@@H](O)CC[C@H]3[C@](C)(Cc4c[nH]c5ccccc45)[C@@H](C)CC[C@]132. The Morgan fingerprint density at radius 1 is 1.13 bits per heavy atom. The number of aliphatic hydroxyl groups excluding tert-OH is 1. The second-order valence-electron chi connectivity index (χ2n) is 11.5. The molecule has 1 spiro atoms. The van der Waals surface area contributed by atoms with E-state index < -0.39 is 0 Å². The molecular weight excluding hydrogens is 366 g/mol. The molecule has 162 valence electrons. The molecule has 2 fully saturated rings. The molecule has 2 heteroatoms. The lowest BCUT2D eigenvalue weighted by Gasteiger charge is -2.66. The van der Waals surface area contributed by atoms with E-state index in [1.165, 1.54) is 29.3 Å². The van der Waals surface area contributed by atoms with Crippen molar-refractivity contribution >= 4 is 10.9 Å². The van der Waals surface area contributed by atoms with E-state index in [4.69, 9.17) is 0 Å². The molecule has 2 N–H and O–H groups in total. The number of aliphatic hydroxyl groups is 1. The predicted molar refractivity (Wildman–Crippen MR) is 125 cm³/mol. The van der Waals surface area contributed by atoms with E-state index in [-0.39, 0.29) is 22.3 Å². The highest BCUT2D eigenvalue weighted by molar-refractivity contribution is 5.83. The van der Waals surface area contributed by atoms with Crippen LogP contribution in [0.5, 0.6) is 0 Å². The van der Waals surface area contributed by atoms with Gasteiger partial charge in [0.25, 0.3) is 0 Å². The van der Waals surface area contributed by atoms with Gasteiger partial charge in [-0.15, -0.1) is 0 Å². The molecule has 0 aliphatic heterocycles. The molecule has 2 aromatic rings. The van der Waals surface area contributed by atoms with Crippen LogP contribution in [0.25, 0.3) is 10.9 Å². The van der Waals surface area contributed by atoms with Gasteiger partial charge in [0.05, 0.1) is 6.10 Å². The summed E-state index contributed by atoms with van der Waals surface area (Å²) in [6.45, 7) is 12.2. The molecule has 3 aliphatic carbocycles. The van der Waals surface area contributed by atoms with Crippen LogP contribution in [-0.4, -0.2) is 16.2 Å². The van der Waals surface area contributed by atoms with Crippen LogP contribution >= 0.6 is 0 Å². The highest BCUT2D eigenvalue weighted by Crippen LogP contribution is 2.73. The van der Waals surface area contributed by atoms with Gasteiger partial charge in [0, 0.05) is 27.9 Å². The number of allylic oxidation sites excluding steroid dienone is 2. The minimum Gasteiger partial charge on any atom is -0.393 e. The fourth-order valence-electron chi connectivity index (χ4n) is 8.29. The number of nitrogens with one attached hydrogen (secondary N) is 1. The number of H-pyrrole nitrogens is 1. The van der Waals surface area contributed by atoms with E-state index >= 15 is 0 Å². The first-order valence-electron chi connectivity index (χ1n) is 12.2. The Balaban J connectivity index is 1.63. The quantitative estimate of drug-likeness (QED) is 0.536. The summed E-state index contributed by atoms with van der Waals surface area (Å²) in [5.41, 5.74) is 4.78. The summed E-state index contributed by atoms with van der Waals surface area (Å²) in [4.78, 5) is 3.52. The number of fused-ring (bicyclic) bond motifs is 1. The van der Waals surface area contributed by atoms with Crippen LogP contribution < -0.4 is 0 Å². The molecule has 1 aromatic carbocycles. The van der Waals surface area contributed by atoms with E-state index in [9.17, 15) is 5.11 Å². The molecule has 2 nitrogen and oxygen atoms in total. The van der Waals surface area contributed by atoms with Gasteiger partial charge in [-0.2, -0.15) is 0 Å². The number of aromatic nitrogens is 1. The topological polar surface area (TPSA) is 36.0 Å². The van der Waals surface area contributed by atoms with Crippen molar-refractivity contribution in [3.05, 3.63) is 47.7 Å². The van der Waals surface area contributed by atoms with Crippen molar-refractivity contribution in [1.29, 1.82) is 0 Å². The van der Waals surface area contributed by atoms with Gasteiger partial charge >= 0.3 is 0 Å². The summed E-state index contributed by atoms with van der Waals surface area (Å²) in [7, 11) is 0. The number of aromatic amines is 1. The second kappa shape index (κ2) is 6.73. The van der Waals surface area contributed by atoms with Crippen molar-refractivity contribution in [2.75, 3.05) is 0 Å². The predicted octanol–water partition coefficient (Wildman–Crippen LogP) is 6.90. The van der Waals surface area contributed by atoms with Gasteiger partial charge in [-0.1, -0.05) is 64.5 Å². The molecule has 0 unspecified atom stereocenters. The zero-order valence-electron chi connectivity index (χ0n) is 19.5. The molecule has 0 radical (unpaired) electrons. The summed E-state index contributed by atoms with van der Waals surface area (Å²) in [5, 5.41) is 12.7. The summed E-state index contributed by atoms with van der Waals surface area (Å²) < 4.78 is 0. The first-order chi connectivity index (χ1) is 14.2. The smallest absolute Gasteiger partial charge is 0.0605 e. The third-order valence-electron chi connectivity index (χ3n) is 10.1. The van der Waals surface area contributed by atoms with Crippen molar-refractivity contribution in [1.82, 2.24) is 4.98 Å². The Labute approximate surface area is 182 Å². The van der Waals surface area contributed by atoms with Crippen LogP contribution in [0.1, 0.15) is 72.3 Å². The number of para-hydroxylation sites is 1. The molecule has 30 heavy (non-hydrogen) atoms. The van der Waals surface area contributed by atoms with Crippen LogP contribution in [-0.2, 0) is 6.42 Å². The standard InChI is InChI=1S/C28H39NO/c1-18(2)22-13-14-27(5)25(30)11-10-24-26(4,19(3)12-15-28(22,24)27)16-20-17-29-23-9-7-6-8-21(20)23/h6-9,13,17-19,24-25,29-30H,10-12,14-16H2,1-5H3/t19-,24-,25-,26+,27+,28-/m0/s1. The van der Waals surface area contributed by atoms with E-state index in [0.29, 0.717) is 17.8 Å². The Kier molecular flexibility index (Phi) is 4.57. The maximum atomic E-state index is 11.3. The fraction of sp³-hybridized carbons (Fsp3) is 0.643. The van der Waals surface area contributed by atoms with Crippen molar-refractivity contribution < 1.29 is 5.11 Å². The molecule has 2 saturated carbocycles. The highest BCUT2D eigenvalue weighted by Gasteiger charge is 2.67. The fourth-order valence-corrected chi connectivity index (χ4v) is 8.29. The Morgan fingerprint density at radius 3 is 2.67 bits per heavy atom. The van der Waals surface area contributed by atoms with E-state index in [2.05, 4.69) is 76.1 Å². The minimum atomic E-state index is -0.174. The normalized spacial score (nSPS) is 41.0. The number of benzene rings is 1. The lowest BCUT2D eigenvalue weighted by molar-refractivity contribution is -0.177. The molecule has 5 rings (SSSR count). The Morgan fingerprint density at radius 2 is 1.90 bits per heavy atom. The lowest BCUT2D eigenvalue weighted by Crippen LogP contribution is -2.62. The molecular formula is C28H39NO. The van der Waals surface area contributed by atoms with E-state index in [1.807, 2.05) is 0 Å². The molecule has 6 atom stereocenters. The summed E-state index contributed by atoms with van der Waals surface area (Å²) in [6, 6.07) is 8.75. The lowest BCUT2D eigenvalue weighted by atomic mass is 9.38. The first kappa shape index (κ1) is 20.4. The molecule has 1 aromatic heterocycles. The Hall–Kier alpha value is -1.54. The van der Waals surface area contributed by atoms with Gasteiger partial charge in [0.15, 0.2) is 0 Å². The third-order valence-corrected chi connectivity index (χ3v) is 10.1. The number of rotatable bonds is 3. The van der Waals surface area contributed by atoms with Crippen LogP contribution in [0, 0.1) is 34.0 Å². The molecule has 0 bridgehead atoms. The first-order valence-corrected chi connectivity index (χ1v) is 12.2.